The molecule has 0 aliphatic rings. The SMILES string of the molecule is CSCCCC(CN)c1ccccc1C. The van der Waals surface area contributed by atoms with Gasteiger partial charge in [0.1, 0.15) is 0 Å². The average molecular weight is 223 g/mol. The third-order valence-electron chi connectivity index (χ3n) is 2.81. The summed E-state index contributed by atoms with van der Waals surface area (Å²) in [6.45, 7) is 2.94. The van der Waals surface area contributed by atoms with Gasteiger partial charge in [0.25, 0.3) is 0 Å². The zero-order valence-electron chi connectivity index (χ0n) is 9.70. The van der Waals surface area contributed by atoms with Crippen molar-refractivity contribution in [3.8, 4) is 0 Å². The molecule has 0 radical (unpaired) electrons. The fourth-order valence-corrected chi connectivity index (χ4v) is 2.37. The summed E-state index contributed by atoms with van der Waals surface area (Å²) >= 11 is 1.91. The van der Waals surface area contributed by atoms with Crippen LogP contribution in [0.5, 0.6) is 0 Å². The van der Waals surface area contributed by atoms with Gasteiger partial charge in [0.05, 0.1) is 0 Å². The Balaban J connectivity index is 2.61. The molecular weight excluding hydrogens is 202 g/mol. The van der Waals surface area contributed by atoms with Crippen LogP contribution in [0.15, 0.2) is 24.3 Å². The van der Waals surface area contributed by atoms with Gasteiger partial charge < -0.3 is 5.73 Å². The number of nitrogens with two attached hydrogens (primary N) is 1. The molecule has 1 atom stereocenters. The maximum absolute atomic E-state index is 5.85. The van der Waals surface area contributed by atoms with Crippen LogP contribution in [-0.4, -0.2) is 18.6 Å². The van der Waals surface area contributed by atoms with Gasteiger partial charge in [-0.05, 0) is 55.4 Å². The second-order valence-electron chi connectivity index (χ2n) is 3.92. The third-order valence-corrected chi connectivity index (χ3v) is 3.51. The fraction of sp³-hybridized carbons (Fsp3) is 0.538. The molecule has 1 unspecified atom stereocenters. The van der Waals surface area contributed by atoms with Crippen LogP contribution < -0.4 is 5.73 Å². The molecule has 15 heavy (non-hydrogen) atoms. The lowest BCUT2D eigenvalue weighted by Crippen LogP contribution is -2.13. The first-order valence-corrected chi connectivity index (χ1v) is 6.93. The molecule has 1 rings (SSSR count). The largest absolute Gasteiger partial charge is 0.330 e. The number of thioether (sulfide) groups is 1. The lowest BCUT2D eigenvalue weighted by Gasteiger charge is -2.17. The van der Waals surface area contributed by atoms with Crippen LogP contribution in [0, 0.1) is 6.92 Å². The summed E-state index contributed by atoms with van der Waals surface area (Å²) in [6.07, 6.45) is 4.63. The summed E-state index contributed by atoms with van der Waals surface area (Å²) in [6, 6.07) is 8.59. The zero-order chi connectivity index (χ0) is 11.1. The molecule has 0 aliphatic carbocycles. The van der Waals surface area contributed by atoms with E-state index in [1.165, 1.54) is 29.7 Å². The van der Waals surface area contributed by atoms with Gasteiger partial charge in [0, 0.05) is 0 Å². The maximum Gasteiger partial charge on any atom is -0.000813 e. The second-order valence-corrected chi connectivity index (χ2v) is 4.91. The third kappa shape index (κ3) is 3.88. The summed E-state index contributed by atoms with van der Waals surface area (Å²) in [5.41, 5.74) is 8.65. The first-order chi connectivity index (χ1) is 7.29. The van der Waals surface area contributed by atoms with Crippen LogP contribution in [-0.2, 0) is 0 Å². The highest BCUT2D eigenvalue weighted by atomic mass is 32.2. The highest BCUT2D eigenvalue weighted by molar-refractivity contribution is 7.98. The van der Waals surface area contributed by atoms with Gasteiger partial charge >= 0.3 is 0 Å². The minimum absolute atomic E-state index is 0.540. The number of hydrogen-bond acceptors (Lipinski definition) is 2. The second kappa shape index (κ2) is 6.91. The quantitative estimate of drug-likeness (QED) is 0.750. The molecule has 1 aromatic carbocycles. The fourth-order valence-electron chi connectivity index (χ4n) is 1.92. The van der Waals surface area contributed by atoms with Gasteiger partial charge in [-0.2, -0.15) is 11.8 Å². The van der Waals surface area contributed by atoms with E-state index in [2.05, 4.69) is 37.4 Å². The minimum Gasteiger partial charge on any atom is -0.330 e. The lowest BCUT2D eigenvalue weighted by atomic mass is 9.91. The van der Waals surface area contributed by atoms with Crippen molar-refractivity contribution in [1.82, 2.24) is 0 Å². The predicted molar refractivity (Wildman–Crippen MR) is 70.6 cm³/mol. The summed E-state index contributed by atoms with van der Waals surface area (Å²) in [5, 5.41) is 0. The molecule has 1 nitrogen and oxygen atoms in total. The molecule has 0 aromatic heterocycles. The Morgan fingerprint density at radius 1 is 1.33 bits per heavy atom. The molecule has 0 saturated heterocycles. The standard InChI is InChI=1S/C13H21NS/c1-11-6-3-4-8-13(11)12(10-14)7-5-9-15-2/h3-4,6,8,12H,5,7,9-10,14H2,1-2H3. The Kier molecular flexibility index (Phi) is 5.81. The Hall–Kier alpha value is -0.470. The summed E-state index contributed by atoms with van der Waals surface area (Å²) in [5.74, 6) is 1.78. The number of hydrogen-bond donors (Lipinski definition) is 1. The molecular formula is C13H21NS. The normalized spacial score (nSPS) is 12.7. The summed E-state index contributed by atoms with van der Waals surface area (Å²) < 4.78 is 0. The van der Waals surface area contributed by atoms with E-state index < -0.39 is 0 Å². The van der Waals surface area contributed by atoms with Crippen LogP contribution in [0.4, 0.5) is 0 Å². The van der Waals surface area contributed by atoms with Crippen molar-refractivity contribution in [1.29, 1.82) is 0 Å². The first-order valence-electron chi connectivity index (χ1n) is 5.54. The number of benzene rings is 1. The van der Waals surface area contributed by atoms with Crippen molar-refractivity contribution in [2.24, 2.45) is 5.73 Å². The highest BCUT2D eigenvalue weighted by Gasteiger charge is 2.10. The number of aryl methyl sites for hydroxylation is 1. The lowest BCUT2D eigenvalue weighted by molar-refractivity contribution is 0.623. The van der Waals surface area contributed by atoms with Crippen molar-refractivity contribution >= 4 is 11.8 Å². The van der Waals surface area contributed by atoms with Crippen molar-refractivity contribution in [2.75, 3.05) is 18.6 Å². The Labute approximate surface area is 97.4 Å². The van der Waals surface area contributed by atoms with Crippen molar-refractivity contribution in [2.45, 2.75) is 25.7 Å². The van der Waals surface area contributed by atoms with Gasteiger partial charge in [-0.1, -0.05) is 24.3 Å². The van der Waals surface area contributed by atoms with E-state index in [1.54, 1.807) is 0 Å². The van der Waals surface area contributed by atoms with Gasteiger partial charge in [0.2, 0.25) is 0 Å². The molecule has 0 fully saturated rings. The van der Waals surface area contributed by atoms with Crippen LogP contribution in [0.25, 0.3) is 0 Å². The van der Waals surface area contributed by atoms with Gasteiger partial charge in [-0.15, -0.1) is 0 Å². The molecule has 2 N–H and O–H groups in total. The average Bonchev–Trinajstić information content (AvgIpc) is 2.26. The number of rotatable bonds is 6. The molecule has 1 aromatic rings. The molecule has 84 valence electrons. The van der Waals surface area contributed by atoms with E-state index in [0.29, 0.717) is 5.92 Å². The molecule has 0 saturated carbocycles. The van der Waals surface area contributed by atoms with Crippen LogP contribution in [0.1, 0.15) is 29.9 Å². The smallest absolute Gasteiger partial charge is 0.000813 e. The van der Waals surface area contributed by atoms with Crippen molar-refractivity contribution < 1.29 is 0 Å². The van der Waals surface area contributed by atoms with E-state index in [9.17, 15) is 0 Å². The van der Waals surface area contributed by atoms with E-state index in [4.69, 9.17) is 5.73 Å². The van der Waals surface area contributed by atoms with E-state index >= 15 is 0 Å². The van der Waals surface area contributed by atoms with Gasteiger partial charge in [-0.25, -0.2) is 0 Å². The van der Waals surface area contributed by atoms with Crippen LogP contribution >= 0.6 is 11.8 Å². The first kappa shape index (κ1) is 12.6. The monoisotopic (exact) mass is 223 g/mol. The molecule has 2 heteroatoms. The molecule has 0 bridgehead atoms. The van der Waals surface area contributed by atoms with Crippen molar-refractivity contribution in [3.05, 3.63) is 35.4 Å². The Morgan fingerprint density at radius 3 is 2.67 bits per heavy atom. The molecule has 0 spiro atoms. The van der Waals surface area contributed by atoms with Crippen molar-refractivity contribution in [3.63, 3.8) is 0 Å². The Morgan fingerprint density at radius 2 is 2.07 bits per heavy atom. The predicted octanol–water partition coefficient (Wildman–Crippen LogP) is 3.18. The topological polar surface area (TPSA) is 26.0 Å². The van der Waals surface area contributed by atoms with E-state index in [1.807, 2.05) is 11.8 Å². The molecule has 0 amide bonds. The van der Waals surface area contributed by atoms with E-state index in [0.717, 1.165) is 6.54 Å². The van der Waals surface area contributed by atoms with Crippen LogP contribution in [0.3, 0.4) is 0 Å². The Bertz CT molecular complexity index is 286. The van der Waals surface area contributed by atoms with Gasteiger partial charge in [-0.3, -0.25) is 0 Å². The highest BCUT2D eigenvalue weighted by Crippen LogP contribution is 2.23. The summed E-state index contributed by atoms with van der Waals surface area (Å²) in [7, 11) is 0. The van der Waals surface area contributed by atoms with E-state index in [-0.39, 0.29) is 0 Å². The maximum atomic E-state index is 5.85. The minimum atomic E-state index is 0.540. The molecule has 0 heterocycles. The zero-order valence-corrected chi connectivity index (χ0v) is 10.5. The summed E-state index contributed by atoms with van der Waals surface area (Å²) in [4.78, 5) is 0. The molecule has 0 aliphatic heterocycles. The van der Waals surface area contributed by atoms with Crippen LogP contribution in [0.2, 0.25) is 0 Å². The van der Waals surface area contributed by atoms with Gasteiger partial charge in [0.15, 0.2) is 0 Å².